The van der Waals surface area contributed by atoms with Crippen molar-refractivity contribution in [1.82, 2.24) is 4.98 Å². The maximum Gasteiger partial charge on any atom is 0.134 e. The van der Waals surface area contributed by atoms with E-state index >= 15 is 0 Å². The fraction of sp³-hybridized carbons (Fsp3) is 0.294. The molecule has 1 aliphatic carbocycles. The second-order valence-corrected chi connectivity index (χ2v) is 7.46. The molecule has 0 fully saturated rings. The third-order valence-electron chi connectivity index (χ3n) is 3.70. The predicted octanol–water partition coefficient (Wildman–Crippen LogP) is 5.09. The zero-order chi connectivity index (χ0) is 14.8. The number of rotatable bonds is 2. The molecule has 1 aromatic heterocycles. The van der Waals surface area contributed by atoms with Gasteiger partial charge in [-0.05, 0) is 49.0 Å². The lowest BCUT2D eigenvalue weighted by atomic mass is 9.93. The minimum absolute atomic E-state index is 0.653. The number of aromatic nitrogens is 1. The van der Waals surface area contributed by atoms with E-state index in [1.165, 1.54) is 17.0 Å². The first-order valence-corrected chi connectivity index (χ1v) is 8.63. The minimum Gasteiger partial charge on any atom is -0.240 e. The monoisotopic (exact) mass is 358 g/mol. The normalized spacial score (nSPS) is 18.1. The van der Waals surface area contributed by atoms with Crippen molar-refractivity contribution in [1.29, 1.82) is 5.26 Å². The van der Waals surface area contributed by atoms with E-state index in [1.54, 1.807) is 11.3 Å². The molecular weight excluding hydrogens is 344 g/mol. The lowest BCUT2D eigenvalue weighted by Crippen LogP contribution is -2.09. The van der Waals surface area contributed by atoms with E-state index in [9.17, 15) is 5.26 Å². The van der Waals surface area contributed by atoms with Crippen molar-refractivity contribution in [2.45, 2.75) is 26.2 Å². The fourth-order valence-electron chi connectivity index (χ4n) is 2.56. The van der Waals surface area contributed by atoms with E-state index in [1.807, 2.05) is 30.3 Å². The van der Waals surface area contributed by atoms with Gasteiger partial charge in [-0.25, -0.2) is 4.98 Å². The van der Waals surface area contributed by atoms with Gasteiger partial charge in [0.25, 0.3) is 0 Å². The number of nitriles is 1. The van der Waals surface area contributed by atoms with Crippen molar-refractivity contribution >= 4 is 38.9 Å². The van der Waals surface area contributed by atoms with Crippen LogP contribution >= 0.6 is 27.3 Å². The number of benzene rings is 1. The summed E-state index contributed by atoms with van der Waals surface area (Å²) >= 11 is 5.14. The van der Waals surface area contributed by atoms with Crippen LogP contribution in [-0.4, -0.2) is 4.98 Å². The summed E-state index contributed by atoms with van der Waals surface area (Å²) in [5.74, 6) is 0.727. The van der Waals surface area contributed by atoms with Crippen LogP contribution in [-0.2, 0) is 12.8 Å². The molecule has 1 atom stereocenters. The fourth-order valence-corrected chi connectivity index (χ4v) is 4.21. The van der Waals surface area contributed by atoms with Crippen LogP contribution in [0.25, 0.3) is 11.6 Å². The van der Waals surface area contributed by atoms with Crippen molar-refractivity contribution in [3.63, 3.8) is 0 Å². The highest BCUT2D eigenvalue weighted by molar-refractivity contribution is 9.10. The van der Waals surface area contributed by atoms with Gasteiger partial charge in [-0.15, -0.1) is 11.3 Å². The van der Waals surface area contributed by atoms with Gasteiger partial charge < -0.3 is 0 Å². The molecule has 4 heteroatoms. The summed E-state index contributed by atoms with van der Waals surface area (Å²) in [5, 5.41) is 10.3. The molecule has 3 rings (SSSR count). The van der Waals surface area contributed by atoms with Crippen molar-refractivity contribution in [2.24, 2.45) is 5.92 Å². The van der Waals surface area contributed by atoms with E-state index in [-0.39, 0.29) is 0 Å². The van der Waals surface area contributed by atoms with E-state index in [0.29, 0.717) is 5.57 Å². The summed E-state index contributed by atoms with van der Waals surface area (Å²) in [7, 11) is 0. The van der Waals surface area contributed by atoms with Crippen LogP contribution in [0.3, 0.4) is 0 Å². The van der Waals surface area contributed by atoms with Crippen molar-refractivity contribution in [3.8, 4) is 6.07 Å². The molecule has 1 aromatic carbocycles. The molecule has 106 valence electrons. The number of allylic oxidation sites excluding steroid dienone is 1. The van der Waals surface area contributed by atoms with Gasteiger partial charge in [0, 0.05) is 9.35 Å². The molecule has 0 aliphatic heterocycles. The van der Waals surface area contributed by atoms with Gasteiger partial charge >= 0.3 is 0 Å². The Kier molecular flexibility index (Phi) is 4.23. The van der Waals surface area contributed by atoms with Gasteiger partial charge in [-0.2, -0.15) is 5.26 Å². The van der Waals surface area contributed by atoms with Gasteiger partial charge in [0.05, 0.1) is 11.3 Å². The average Bonchev–Trinajstić information content (AvgIpc) is 2.87. The van der Waals surface area contributed by atoms with Gasteiger partial charge in [0.15, 0.2) is 0 Å². The number of thiazole rings is 1. The molecule has 1 aliphatic rings. The second-order valence-electron chi connectivity index (χ2n) is 5.46. The van der Waals surface area contributed by atoms with Gasteiger partial charge in [-0.3, -0.25) is 0 Å². The molecule has 21 heavy (non-hydrogen) atoms. The molecule has 0 N–H and O–H groups in total. The Morgan fingerprint density at radius 3 is 3.14 bits per heavy atom. The van der Waals surface area contributed by atoms with Gasteiger partial charge in [-0.1, -0.05) is 35.0 Å². The summed E-state index contributed by atoms with van der Waals surface area (Å²) in [6.45, 7) is 2.28. The number of halogens is 1. The average molecular weight is 359 g/mol. The molecule has 2 nitrogen and oxygen atoms in total. The molecule has 2 aromatic rings. The molecule has 0 spiro atoms. The van der Waals surface area contributed by atoms with Crippen LogP contribution < -0.4 is 0 Å². The third-order valence-corrected chi connectivity index (χ3v) is 5.34. The Balaban J connectivity index is 1.96. The molecule has 0 saturated carbocycles. The summed E-state index contributed by atoms with van der Waals surface area (Å²) in [6, 6.07) is 10.3. The zero-order valence-corrected chi connectivity index (χ0v) is 14.2. The minimum atomic E-state index is 0.653. The zero-order valence-electron chi connectivity index (χ0n) is 11.8. The standard InChI is InChI=1S/C17H15BrN2S/c1-11-5-6-15-16(7-11)21-17(20-15)13(10-19)8-12-3-2-4-14(18)9-12/h2-4,8-9,11H,5-7H2,1H3/b13-8+/t11-/m0/s1. The van der Waals surface area contributed by atoms with Crippen LogP contribution in [0.4, 0.5) is 0 Å². The number of hydrogen-bond donors (Lipinski definition) is 0. The first kappa shape index (κ1) is 14.5. The lowest BCUT2D eigenvalue weighted by molar-refractivity contribution is 0.502. The van der Waals surface area contributed by atoms with Gasteiger partial charge in [0.1, 0.15) is 11.1 Å². The maximum absolute atomic E-state index is 9.46. The van der Waals surface area contributed by atoms with Crippen molar-refractivity contribution in [3.05, 3.63) is 49.9 Å². The van der Waals surface area contributed by atoms with Crippen LogP contribution in [0.1, 0.15) is 34.5 Å². The number of aryl methyl sites for hydroxylation is 1. The van der Waals surface area contributed by atoms with Crippen LogP contribution in [0, 0.1) is 17.2 Å². The highest BCUT2D eigenvalue weighted by atomic mass is 79.9. The number of hydrogen-bond acceptors (Lipinski definition) is 3. The Labute approximate surface area is 137 Å². The number of nitrogens with zero attached hydrogens (tertiary/aromatic N) is 2. The molecule has 0 bridgehead atoms. The second kappa shape index (κ2) is 6.13. The smallest absolute Gasteiger partial charge is 0.134 e. The van der Waals surface area contributed by atoms with E-state index in [0.717, 1.165) is 33.8 Å². The highest BCUT2D eigenvalue weighted by Crippen LogP contribution is 2.33. The van der Waals surface area contributed by atoms with Crippen LogP contribution in [0.2, 0.25) is 0 Å². The molecular formula is C17H15BrN2S. The van der Waals surface area contributed by atoms with Gasteiger partial charge in [0.2, 0.25) is 0 Å². The Morgan fingerprint density at radius 1 is 1.52 bits per heavy atom. The summed E-state index contributed by atoms with van der Waals surface area (Å²) in [4.78, 5) is 6.05. The molecule has 0 unspecified atom stereocenters. The molecule has 0 amide bonds. The van der Waals surface area contributed by atoms with Crippen LogP contribution in [0.15, 0.2) is 28.7 Å². The quantitative estimate of drug-likeness (QED) is 0.700. The summed E-state index contributed by atoms with van der Waals surface area (Å²) < 4.78 is 1.01. The lowest BCUT2D eigenvalue weighted by Gasteiger charge is -2.15. The van der Waals surface area contributed by atoms with Crippen LogP contribution in [0.5, 0.6) is 0 Å². The molecule has 1 heterocycles. The Morgan fingerprint density at radius 2 is 2.38 bits per heavy atom. The molecule has 0 saturated heterocycles. The highest BCUT2D eigenvalue weighted by Gasteiger charge is 2.20. The molecule has 0 radical (unpaired) electrons. The number of fused-ring (bicyclic) bond motifs is 1. The first-order valence-electron chi connectivity index (χ1n) is 7.02. The topological polar surface area (TPSA) is 36.7 Å². The van der Waals surface area contributed by atoms with Crippen molar-refractivity contribution in [2.75, 3.05) is 0 Å². The van der Waals surface area contributed by atoms with E-state index in [2.05, 4.69) is 28.9 Å². The maximum atomic E-state index is 9.46. The Bertz CT molecular complexity index is 739. The largest absolute Gasteiger partial charge is 0.240 e. The first-order chi connectivity index (χ1) is 10.2. The SMILES string of the molecule is C[C@H]1CCc2nc(/C(C#N)=C/c3cccc(Br)c3)sc2C1. The van der Waals surface area contributed by atoms with E-state index < -0.39 is 0 Å². The third kappa shape index (κ3) is 3.25. The van der Waals surface area contributed by atoms with E-state index in [4.69, 9.17) is 4.98 Å². The summed E-state index contributed by atoms with van der Waals surface area (Å²) in [6.07, 6.45) is 5.26. The predicted molar refractivity (Wildman–Crippen MR) is 90.9 cm³/mol. The van der Waals surface area contributed by atoms with Crippen molar-refractivity contribution < 1.29 is 0 Å². The summed E-state index contributed by atoms with van der Waals surface area (Å²) in [5.41, 5.74) is 2.87. The Hall–Kier alpha value is -1.44.